The Morgan fingerprint density at radius 2 is 1.43 bits per heavy atom. The third kappa shape index (κ3) is 6.97. The number of aromatic nitrogens is 1. The van der Waals surface area contributed by atoms with Crippen LogP contribution in [0.1, 0.15) is 38.7 Å². The molecule has 206 valence electrons. The molecule has 1 aliphatic rings. The van der Waals surface area contributed by atoms with Crippen LogP contribution >= 0.6 is 0 Å². The summed E-state index contributed by atoms with van der Waals surface area (Å²) in [6.07, 6.45) is 1.42. The maximum Gasteiger partial charge on any atom is 0.224 e. The minimum atomic E-state index is -0.223. The average molecular weight is 537 g/mol. The van der Waals surface area contributed by atoms with Gasteiger partial charge in [0.05, 0.1) is 5.52 Å². The van der Waals surface area contributed by atoms with Crippen molar-refractivity contribution in [1.82, 2.24) is 4.98 Å². The summed E-state index contributed by atoms with van der Waals surface area (Å²) in [6, 6.07) is 24.6. The fraction of sp³-hybridized carbons (Fsp3) is 0.303. The highest BCUT2D eigenvalue weighted by molar-refractivity contribution is 5.98. The second kappa shape index (κ2) is 12.2. The topological polar surface area (TPSA) is 83.6 Å². The van der Waals surface area contributed by atoms with E-state index in [1.165, 1.54) is 6.42 Å². The summed E-state index contributed by atoms with van der Waals surface area (Å²) in [4.78, 5) is 32.3. The second-order valence-electron chi connectivity index (χ2n) is 10.9. The van der Waals surface area contributed by atoms with Gasteiger partial charge < -0.3 is 20.3 Å². The zero-order valence-electron chi connectivity index (χ0n) is 23.3. The first-order valence-electron chi connectivity index (χ1n) is 13.9. The number of nitrogens with one attached hydrogen (secondary N) is 2. The number of amides is 2. The Labute approximate surface area is 235 Å². The number of hydrogen-bond donors (Lipinski definition) is 2. The molecule has 2 atom stereocenters. The maximum absolute atomic E-state index is 12.6. The molecule has 3 aromatic carbocycles. The van der Waals surface area contributed by atoms with Crippen molar-refractivity contribution in [2.24, 2.45) is 11.8 Å². The van der Waals surface area contributed by atoms with Gasteiger partial charge in [-0.05, 0) is 91.4 Å². The molecule has 1 aliphatic heterocycles. The number of aryl methyl sites for hydroxylation is 1. The molecule has 0 aliphatic carbocycles. The van der Waals surface area contributed by atoms with E-state index in [1.54, 1.807) is 24.3 Å². The van der Waals surface area contributed by atoms with Crippen molar-refractivity contribution >= 4 is 39.9 Å². The molecule has 0 saturated carbocycles. The Morgan fingerprint density at radius 1 is 0.825 bits per heavy atom. The van der Waals surface area contributed by atoms with E-state index in [2.05, 4.69) is 42.4 Å². The van der Waals surface area contributed by atoms with Crippen LogP contribution in [0.2, 0.25) is 0 Å². The van der Waals surface area contributed by atoms with Crippen LogP contribution < -0.4 is 20.3 Å². The molecule has 0 unspecified atom stereocenters. The first-order chi connectivity index (χ1) is 19.3. The fourth-order valence-electron chi connectivity index (χ4n) is 5.37. The van der Waals surface area contributed by atoms with E-state index < -0.39 is 0 Å². The Morgan fingerprint density at radius 3 is 2.10 bits per heavy atom. The summed E-state index contributed by atoms with van der Waals surface area (Å²) in [7, 11) is 0. The fourth-order valence-corrected chi connectivity index (χ4v) is 5.37. The molecule has 1 aromatic heterocycles. The number of carbonyl (C=O) groups is 2. The van der Waals surface area contributed by atoms with Gasteiger partial charge in [-0.1, -0.05) is 32.0 Å². The summed E-state index contributed by atoms with van der Waals surface area (Å²) < 4.78 is 5.78. The molecule has 7 heteroatoms. The maximum atomic E-state index is 12.6. The quantitative estimate of drug-likeness (QED) is 0.249. The molecular formula is C33H36N4O3. The van der Waals surface area contributed by atoms with Crippen LogP contribution in [0.5, 0.6) is 11.5 Å². The number of hydrogen-bond acceptors (Lipinski definition) is 5. The number of ether oxygens (including phenoxy) is 1. The van der Waals surface area contributed by atoms with Gasteiger partial charge in [0.25, 0.3) is 0 Å². The van der Waals surface area contributed by atoms with Gasteiger partial charge in [-0.3, -0.25) is 9.59 Å². The van der Waals surface area contributed by atoms with Crippen molar-refractivity contribution in [2.45, 2.75) is 40.0 Å². The summed E-state index contributed by atoms with van der Waals surface area (Å²) in [6.45, 7) is 8.74. The number of pyridine rings is 1. The average Bonchev–Trinajstić information content (AvgIpc) is 2.93. The first kappa shape index (κ1) is 27.2. The molecule has 1 saturated heterocycles. The molecule has 7 nitrogen and oxygen atoms in total. The Bertz CT molecular complexity index is 1480. The molecule has 4 aromatic rings. The molecule has 40 heavy (non-hydrogen) atoms. The van der Waals surface area contributed by atoms with Crippen LogP contribution in [0.4, 0.5) is 17.2 Å². The number of rotatable bonds is 8. The number of piperidine rings is 1. The first-order valence-corrected chi connectivity index (χ1v) is 13.9. The van der Waals surface area contributed by atoms with Gasteiger partial charge in [0, 0.05) is 42.7 Å². The zero-order chi connectivity index (χ0) is 28.1. The van der Waals surface area contributed by atoms with Gasteiger partial charge in [-0.15, -0.1) is 0 Å². The summed E-state index contributed by atoms with van der Waals surface area (Å²) in [5.41, 5.74) is 3.39. The SMILES string of the molecule is Cc1cc(N2C[C@H](C)C[C@@H](C)C2)nc2ccc(NC(=O)CCC(=O)Nc3ccc(Oc4ccccc4)cc3)cc12. The van der Waals surface area contributed by atoms with Crippen LogP contribution in [0.3, 0.4) is 0 Å². The molecule has 2 N–H and O–H groups in total. The van der Waals surface area contributed by atoms with Crippen molar-refractivity contribution in [3.8, 4) is 11.5 Å². The van der Waals surface area contributed by atoms with Crippen molar-refractivity contribution in [3.63, 3.8) is 0 Å². The highest BCUT2D eigenvalue weighted by Gasteiger charge is 2.23. The van der Waals surface area contributed by atoms with Crippen LogP contribution in [0, 0.1) is 18.8 Å². The molecular weight excluding hydrogens is 500 g/mol. The van der Waals surface area contributed by atoms with E-state index >= 15 is 0 Å². The van der Waals surface area contributed by atoms with E-state index in [9.17, 15) is 9.59 Å². The monoisotopic (exact) mass is 536 g/mol. The third-order valence-corrected chi connectivity index (χ3v) is 7.17. The highest BCUT2D eigenvalue weighted by Crippen LogP contribution is 2.29. The molecule has 2 amide bonds. The number of fused-ring (bicyclic) bond motifs is 1. The number of carbonyl (C=O) groups excluding carboxylic acids is 2. The number of nitrogens with zero attached hydrogens (tertiary/aromatic N) is 2. The van der Waals surface area contributed by atoms with Crippen molar-refractivity contribution in [1.29, 1.82) is 0 Å². The number of anilines is 3. The normalized spacial score (nSPS) is 16.9. The van der Waals surface area contributed by atoms with Crippen LogP contribution in [0.15, 0.2) is 78.9 Å². The van der Waals surface area contributed by atoms with Gasteiger partial charge >= 0.3 is 0 Å². The number of para-hydroxylation sites is 1. The zero-order valence-corrected chi connectivity index (χ0v) is 23.3. The van der Waals surface area contributed by atoms with E-state index in [-0.39, 0.29) is 24.7 Å². The molecule has 0 bridgehead atoms. The minimum Gasteiger partial charge on any atom is -0.457 e. The van der Waals surface area contributed by atoms with Crippen molar-refractivity contribution in [2.75, 3.05) is 28.6 Å². The molecule has 2 heterocycles. The van der Waals surface area contributed by atoms with Gasteiger partial charge in [0.2, 0.25) is 11.8 Å². The van der Waals surface area contributed by atoms with E-state index in [4.69, 9.17) is 9.72 Å². The van der Waals surface area contributed by atoms with Gasteiger partial charge in [0.15, 0.2) is 0 Å². The molecule has 0 radical (unpaired) electrons. The summed E-state index contributed by atoms with van der Waals surface area (Å²) in [5, 5.41) is 6.77. The van der Waals surface area contributed by atoms with Crippen LogP contribution in [-0.4, -0.2) is 29.9 Å². The molecule has 1 fully saturated rings. The van der Waals surface area contributed by atoms with E-state index in [1.807, 2.05) is 48.5 Å². The predicted molar refractivity (Wildman–Crippen MR) is 161 cm³/mol. The molecule has 0 spiro atoms. The van der Waals surface area contributed by atoms with E-state index in [0.717, 1.165) is 41.1 Å². The Kier molecular flexibility index (Phi) is 8.29. The summed E-state index contributed by atoms with van der Waals surface area (Å²) in [5.74, 6) is 3.32. The third-order valence-electron chi connectivity index (χ3n) is 7.17. The smallest absolute Gasteiger partial charge is 0.224 e. The second-order valence-corrected chi connectivity index (χ2v) is 10.9. The largest absolute Gasteiger partial charge is 0.457 e. The Balaban J connectivity index is 1.13. The van der Waals surface area contributed by atoms with Crippen LogP contribution in [-0.2, 0) is 9.59 Å². The van der Waals surface area contributed by atoms with E-state index in [0.29, 0.717) is 29.0 Å². The van der Waals surface area contributed by atoms with Gasteiger partial charge in [0.1, 0.15) is 17.3 Å². The van der Waals surface area contributed by atoms with Crippen LogP contribution in [0.25, 0.3) is 10.9 Å². The standard InChI is InChI=1S/C33H36N4O3/c1-22-17-23(2)21-37(20-22)31-18-24(3)29-19-26(11-14-30(29)36-31)35-33(39)16-15-32(38)34-25-9-12-28(13-10-25)40-27-7-5-4-6-8-27/h4-14,18-19,22-23H,15-17,20-21H2,1-3H3,(H,34,38)(H,35,39)/t22-,23-/m1/s1. The molecule has 5 rings (SSSR count). The van der Waals surface area contributed by atoms with Gasteiger partial charge in [-0.2, -0.15) is 0 Å². The predicted octanol–water partition coefficient (Wildman–Crippen LogP) is 7.18. The Hall–Kier alpha value is -4.39. The van der Waals surface area contributed by atoms with Crippen molar-refractivity contribution in [3.05, 3.63) is 84.4 Å². The lowest BCUT2D eigenvalue weighted by atomic mass is 9.92. The summed E-state index contributed by atoms with van der Waals surface area (Å²) >= 11 is 0. The highest BCUT2D eigenvalue weighted by atomic mass is 16.5. The lowest BCUT2D eigenvalue weighted by molar-refractivity contribution is -0.121. The number of benzene rings is 3. The lowest BCUT2D eigenvalue weighted by Crippen LogP contribution is -2.39. The lowest BCUT2D eigenvalue weighted by Gasteiger charge is -2.36. The van der Waals surface area contributed by atoms with Gasteiger partial charge in [-0.25, -0.2) is 4.98 Å². The minimum absolute atomic E-state index is 0.0817. The van der Waals surface area contributed by atoms with Crippen molar-refractivity contribution < 1.29 is 14.3 Å².